The molecule has 0 saturated heterocycles. The van der Waals surface area contributed by atoms with E-state index < -0.39 is 5.97 Å². The van der Waals surface area contributed by atoms with Crippen LogP contribution in [0.2, 0.25) is 0 Å². The summed E-state index contributed by atoms with van der Waals surface area (Å²) in [4.78, 5) is 10.7. The van der Waals surface area contributed by atoms with E-state index in [0.717, 1.165) is 24.4 Å². The Morgan fingerprint density at radius 1 is 1.64 bits per heavy atom. The monoisotopic (exact) mass is 212 g/mol. The molecule has 2 rings (SSSR count). The third kappa shape index (κ3) is 1.95. The number of rotatable bonds is 4. The summed E-state index contributed by atoms with van der Waals surface area (Å²) in [5, 5.41) is 9.10. The van der Waals surface area contributed by atoms with Crippen LogP contribution in [0.15, 0.2) is 22.8 Å². The van der Waals surface area contributed by atoms with E-state index in [1.807, 2.05) is 12.1 Å². The maximum Gasteiger partial charge on any atom is 0.307 e. The zero-order chi connectivity index (χ0) is 9.97. The number of hydrogen-bond donors (Lipinski definition) is 1. The minimum atomic E-state index is -0.659. The van der Waals surface area contributed by atoms with Crippen LogP contribution in [0, 0.1) is 5.92 Å². The summed E-state index contributed by atoms with van der Waals surface area (Å²) in [6.07, 6.45) is 3.48. The molecule has 1 aliphatic rings. The molecular weight excluding hydrogens is 200 g/mol. The molecule has 2 unspecified atom stereocenters. The summed E-state index contributed by atoms with van der Waals surface area (Å²) in [6, 6.07) is 3.77. The molecule has 0 aliphatic heterocycles. The van der Waals surface area contributed by atoms with Gasteiger partial charge < -0.3 is 9.52 Å². The minimum Gasteiger partial charge on any atom is -0.481 e. The molecule has 14 heavy (non-hydrogen) atoms. The van der Waals surface area contributed by atoms with E-state index in [1.54, 1.807) is 18.0 Å². The van der Waals surface area contributed by atoms with Crippen molar-refractivity contribution in [2.75, 3.05) is 0 Å². The van der Waals surface area contributed by atoms with Crippen molar-refractivity contribution in [3.8, 4) is 0 Å². The highest BCUT2D eigenvalue weighted by Gasteiger charge is 2.36. The van der Waals surface area contributed by atoms with Crippen LogP contribution in [-0.4, -0.2) is 16.3 Å². The van der Waals surface area contributed by atoms with E-state index in [0.29, 0.717) is 0 Å². The summed E-state index contributed by atoms with van der Waals surface area (Å²) in [5.41, 5.74) is 0. The Labute approximate surface area is 86.5 Å². The molecule has 2 atom stereocenters. The molecular formula is C10H12O3S. The van der Waals surface area contributed by atoms with Crippen molar-refractivity contribution in [3.05, 3.63) is 24.2 Å². The summed E-state index contributed by atoms with van der Waals surface area (Å²) in [6.45, 7) is 0. The summed E-state index contributed by atoms with van der Waals surface area (Å²) >= 11 is 1.68. The smallest absolute Gasteiger partial charge is 0.307 e. The molecule has 0 amide bonds. The number of aliphatic carboxylic acids is 1. The lowest BCUT2D eigenvalue weighted by Gasteiger charge is -2.32. The quantitative estimate of drug-likeness (QED) is 0.832. The van der Waals surface area contributed by atoms with Gasteiger partial charge in [-0.05, 0) is 25.0 Å². The first kappa shape index (κ1) is 9.65. The van der Waals surface area contributed by atoms with E-state index in [-0.39, 0.29) is 11.2 Å². The van der Waals surface area contributed by atoms with Crippen LogP contribution in [0.4, 0.5) is 0 Å². The van der Waals surface area contributed by atoms with Crippen LogP contribution in [0.5, 0.6) is 0 Å². The summed E-state index contributed by atoms with van der Waals surface area (Å²) in [5.74, 6) is 0.899. The Bertz CT molecular complexity index is 307. The molecule has 1 fully saturated rings. The van der Waals surface area contributed by atoms with Gasteiger partial charge in [-0.15, -0.1) is 11.8 Å². The van der Waals surface area contributed by atoms with Gasteiger partial charge in [0.1, 0.15) is 5.76 Å². The highest BCUT2D eigenvalue weighted by Crippen LogP contribution is 2.39. The predicted octanol–water partition coefficient (Wildman–Crippen LogP) is 2.38. The average molecular weight is 212 g/mol. The van der Waals surface area contributed by atoms with E-state index in [1.165, 1.54) is 0 Å². The standard InChI is InChI=1S/C10H12O3S/c11-10(12)8-3-4-9(8)14-6-7-2-1-5-13-7/h1-2,5,8-9H,3-4,6H2,(H,11,12). The van der Waals surface area contributed by atoms with Crippen LogP contribution in [-0.2, 0) is 10.5 Å². The van der Waals surface area contributed by atoms with E-state index in [2.05, 4.69) is 0 Å². The zero-order valence-electron chi connectivity index (χ0n) is 7.68. The Balaban J connectivity index is 1.79. The van der Waals surface area contributed by atoms with Crippen molar-refractivity contribution < 1.29 is 14.3 Å². The third-order valence-corrected chi connectivity index (χ3v) is 3.99. The second kappa shape index (κ2) is 4.09. The fourth-order valence-corrected chi connectivity index (χ4v) is 2.87. The van der Waals surface area contributed by atoms with Gasteiger partial charge in [0, 0.05) is 5.25 Å². The number of hydrogen-bond acceptors (Lipinski definition) is 3. The van der Waals surface area contributed by atoms with Gasteiger partial charge >= 0.3 is 5.97 Å². The van der Waals surface area contributed by atoms with Gasteiger partial charge in [-0.3, -0.25) is 4.79 Å². The predicted molar refractivity (Wildman–Crippen MR) is 54.2 cm³/mol. The fraction of sp³-hybridized carbons (Fsp3) is 0.500. The van der Waals surface area contributed by atoms with Crippen molar-refractivity contribution in [1.82, 2.24) is 0 Å². The molecule has 76 valence electrons. The molecule has 3 nitrogen and oxygen atoms in total. The normalized spacial score (nSPS) is 25.7. The van der Waals surface area contributed by atoms with Crippen molar-refractivity contribution in [1.29, 1.82) is 0 Å². The van der Waals surface area contributed by atoms with Crippen molar-refractivity contribution >= 4 is 17.7 Å². The topological polar surface area (TPSA) is 50.4 Å². The molecule has 4 heteroatoms. The molecule has 1 aromatic rings. The Kier molecular flexibility index (Phi) is 2.82. The van der Waals surface area contributed by atoms with Gasteiger partial charge in [-0.25, -0.2) is 0 Å². The first-order chi connectivity index (χ1) is 6.77. The Morgan fingerprint density at radius 3 is 3.00 bits per heavy atom. The molecule has 0 aromatic carbocycles. The SMILES string of the molecule is O=C(O)C1CCC1SCc1ccco1. The zero-order valence-corrected chi connectivity index (χ0v) is 8.50. The number of thioether (sulfide) groups is 1. The first-order valence-corrected chi connectivity index (χ1v) is 5.69. The maximum atomic E-state index is 10.7. The van der Waals surface area contributed by atoms with Gasteiger partial charge in [-0.2, -0.15) is 0 Å². The number of carboxylic acids is 1. The molecule has 1 heterocycles. The molecule has 1 N–H and O–H groups in total. The van der Waals surface area contributed by atoms with Crippen LogP contribution in [0.3, 0.4) is 0 Å². The van der Waals surface area contributed by atoms with E-state index in [4.69, 9.17) is 9.52 Å². The summed E-state index contributed by atoms with van der Waals surface area (Å²) in [7, 11) is 0. The van der Waals surface area contributed by atoms with Gasteiger partial charge in [0.05, 0.1) is 17.9 Å². The van der Waals surface area contributed by atoms with Crippen LogP contribution >= 0.6 is 11.8 Å². The molecule has 1 aromatic heterocycles. The van der Waals surface area contributed by atoms with Crippen molar-refractivity contribution in [2.24, 2.45) is 5.92 Å². The summed E-state index contributed by atoms with van der Waals surface area (Å²) < 4.78 is 5.18. The molecule has 0 spiro atoms. The van der Waals surface area contributed by atoms with Crippen molar-refractivity contribution in [3.63, 3.8) is 0 Å². The number of carbonyl (C=O) groups is 1. The minimum absolute atomic E-state index is 0.144. The average Bonchev–Trinajstić information content (AvgIpc) is 2.53. The van der Waals surface area contributed by atoms with Gasteiger partial charge in [-0.1, -0.05) is 0 Å². The lowest BCUT2D eigenvalue weighted by atomic mass is 9.85. The lowest BCUT2D eigenvalue weighted by molar-refractivity contribution is -0.144. The Morgan fingerprint density at radius 2 is 2.50 bits per heavy atom. The second-order valence-electron chi connectivity index (χ2n) is 3.45. The molecule has 1 aliphatic carbocycles. The van der Waals surface area contributed by atoms with Gasteiger partial charge in [0.25, 0.3) is 0 Å². The van der Waals surface area contributed by atoms with E-state index in [9.17, 15) is 4.79 Å². The van der Waals surface area contributed by atoms with Crippen LogP contribution in [0.1, 0.15) is 18.6 Å². The molecule has 1 saturated carbocycles. The fourth-order valence-electron chi connectivity index (χ4n) is 1.54. The highest BCUT2D eigenvalue weighted by molar-refractivity contribution is 7.99. The second-order valence-corrected chi connectivity index (χ2v) is 4.68. The molecule has 0 bridgehead atoms. The van der Waals surface area contributed by atoms with Crippen LogP contribution in [0.25, 0.3) is 0 Å². The Hall–Kier alpha value is -0.900. The molecule has 0 radical (unpaired) electrons. The lowest BCUT2D eigenvalue weighted by Crippen LogP contribution is -2.35. The maximum absolute atomic E-state index is 10.7. The largest absolute Gasteiger partial charge is 0.481 e. The third-order valence-electron chi connectivity index (χ3n) is 2.55. The van der Waals surface area contributed by atoms with Crippen molar-refractivity contribution in [2.45, 2.75) is 23.8 Å². The van der Waals surface area contributed by atoms with Gasteiger partial charge in [0.15, 0.2) is 0 Å². The number of furan rings is 1. The van der Waals surface area contributed by atoms with Crippen LogP contribution < -0.4 is 0 Å². The highest BCUT2D eigenvalue weighted by atomic mass is 32.2. The number of carboxylic acid groups (broad SMARTS) is 1. The van der Waals surface area contributed by atoms with E-state index >= 15 is 0 Å². The van der Waals surface area contributed by atoms with Gasteiger partial charge in [0.2, 0.25) is 0 Å². The first-order valence-electron chi connectivity index (χ1n) is 4.64.